The Morgan fingerprint density at radius 2 is 1.95 bits per heavy atom. The van der Waals surface area contributed by atoms with Crippen LogP contribution in [0.5, 0.6) is 5.75 Å². The molecule has 1 atom stereocenters. The summed E-state index contributed by atoms with van der Waals surface area (Å²) in [5, 5.41) is 0.692. The molecule has 1 aromatic carbocycles. The predicted molar refractivity (Wildman–Crippen MR) is 79.3 cm³/mol. The minimum absolute atomic E-state index is 0.144. The van der Waals surface area contributed by atoms with Gasteiger partial charge in [-0.15, -0.1) is 0 Å². The molecule has 0 heterocycles. The van der Waals surface area contributed by atoms with Crippen molar-refractivity contribution in [3.05, 3.63) is 28.8 Å². The van der Waals surface area contributed by atoms with Gasteiger partial charge in [-0.05, 0) is 30.9 Å². The largest absolute Gasteiger partial charge is 0.496 e. The van der Waals surface area contributed by atoms with E-state index in [1.54, 1.807) is 7.11 Å². The van der Waals surface area contributed by atoms with Crippen molar-refractivity contribution < 1.29 is 4.74 Å². The average Bonchev–Trinajstić information content (AvgIpc) is 2.70. The van der Waals surface area contributed by atoms with Crippen LogP contribution in [0.15, 0.2) is 18.2 Å². The van der Waals surface area contributed by atoms with Gasteiger partial charge in [0.25, 0.3) is 0 Å². The fraction of sp³-hybridized carbons (Fsp3) is 0.600. The van der Waals surface area contributed by atoms with Crippen molar-refractivity contribution in [2.24, 2.45) is 11.8 Å². The van der Waals surface area contributed by atoms with Crippen LogP contribution in [0.1, 0.15) is 50.1 Å². The second-order valence-electron chi connectivity index (χ2n) is 5.28. The molecule has 0 spiro atoms. The van der Waals surface area contributed by atoms with Crippen LogP contribution < -0.4 is 16.0 Å². The highest BCUT2D eigenvalue weighted by Gasteiger charge is 2.25. The highest BCUT2D eigenvalue weighted by molar-refractivity contribution is 6.30. The van der Waals surface area contributed by atoms with Gasteiger partial charge in [-0.3, -0.25) is 11.3 Å². The molecular weight excluding hydrogens is 260 g/mol. The third-order valence-electron chi connectivity index (χ3n) is 4.08. The van der Waals surface area contributed by atoms with E-state index < -0.39 is 0 Å². The lowest BCUT2D eigenvalue weighted by molar-refractivity contribution is 0.316. The molecule has 19 heavy (non-hydrogen) atoms. The van der Waals surface area contributed by atoms with Gasteiger partial charge in [-0.1, -0.05) is 43.4 Å². The Kier molecular flexibility index (Phi) is 5.49. The van der Waals surface area contributed by atoms with E-state index in [0.717, 1.165) is 11.3 Å². The monoisotopic (exact) mass is 282 g/mol. The Bertz CT molecular complexity index is 403. The van der Waals surface area contributed by atoms with Crippen LogP contribution in [0, 0.1) is 5.92 Å². The normalized spacial score (nSPS) is 18.9. The molecule has 106 valence electrons. The van der Waals surface area contributed by atoms with Gasteiger partial charge in [0, 0.05) is 10.6 Å². The van der Waals surface area contributed by atoms with E-state index in [0.29, 0.717) is 10.9 Å². The van der Waals surface area contributed by atoms with E-state index in [1.165, 1.54) is 38.5 Å². The molecule has 4 heteroatoms. The van der Waals surface area contributed by atoms with E-state index in [9.17, 15) is 0 Å². The maximum atomic E-state index is 6.02. The molecule has 1 saturated carbocycles. The number of ether oxygens (including phenoxy) is 1. The molecule has 1 aliphatic carbocycles. The van der Waals surface area contributed by atoms with Crippen molar-refractivity contribution in [2.75, 3.05) is 7.11 Å². The number of halogens is 1. The van der Waals surface area contributed by atoms with Gasteiger partial charge in [0.05, 0.1) is 13.2 Å². The Morgan fingerprint density at radius 3 is 2.53 bits per heavy atom. The van der Waals surface area contributed by atoms with Crippen LogP contribution in [-0.2, 0) is 0 Å². The molecule has 3 N–H and O–H groups in total. The van der Waals surface area contributed by atoms with Crippen LogP contribution in [0.4, 0.5) is 0 Å². The van der Waals surface area contributed by atoms with Crippen molar-refractivity contribution in [1.82, 2.24) is 5.43 Å². The fourth-order valence-electron chi connectivity index (χ4n) is 3.07. The fourth-order valence-corrected chi connectivity index (χ4v) is 3.23. The Labute approximate surface area is 120 Å². The zero-order valence-corrected chi connectivity index (χ0v) is 12.2. The van der Waals surface area contributed by atoms with E-state index in [4.69, 9.17) is 22.2 Å². The lowest BCUT2D eigenvalue weighted by Gasteiger charge is -2.27. The summed E-state index contributed by atoms with van der Waals surface area (Å²) in [4.78, 5) is 0. The summed E-state index contributed by atoms with van der Waals surface area (Å²) in [6, 6.07) is 5.93. The highest BCUT2D eigenvalue weighted by atomic mass is 35.5. The summed E-state index contributed by atoms with van der Waals surface area (Å²) in [6.07, 6.45) is 7.70. The number of methoxy groups -OCH3 is 1. The van der Waals surface area contributed by atoms with Gasteiger partial charge in [0.2, 0.25) is 0 Å². The molecule has 3 nitrogen and oxygen atoms in total. The Morgan fingerprint density at radius 1 is 1.26 bits per heavy atom. The van der Waals surface area contributed by atoms with E-state index in [-0.39, 0.29) is 6.04 Å². The smallest absolute Gasteiger partial charge is 0.125 e. The van der Waals surface area contributed by atoms with Crippen molar-refractivity contribution >= 4 is 11.6 Å². The lowest BCUT2D eigenvalue weighted by atomic mass is 9.87. The topological polar surface area (TPSA) is 47.3 Å². The lowest BCUT2D eigenvalue weighted by Crippen LogP contribution is -2.33. The summed E-state index contributed by atoms with van der Waals surface area (Å²) >= 11 is 6.02. The number of nitrogens with one attached hydrogen (secondary N) is 1. The Balaban J connectivity index is 2.24. The standard InChI is InChI=1S/C15H23ClN2O/c1-19-14-10-12(16)8-9-13(14)15(18-17)11-6-4-2-3-5-7-11/h8-11,15,18H,2-7,17H2,1H3. The maximum Gasteiger partial charge on any atom is 0.125 e. The molecule has 1 aromatic rings. The van der Waals surface area contributed by atoms with Crippen molar-refractivity contribution in [3.8, 4) is 5.75 Å². The average molecular weight is 283 g/mol. The molecule has 0 amide bonds. The Hall–Kier alpha value is -0.770. The zero-order chi connectivity index (χ0) is 13.7. The molecule has 0 radical (unpaired) electrons. The SMILES string of the molecule is COc1cc(Cl)ccc1C(NN)C1CCCCCC1. The summed E-state index contributed by atoms with van der Waals surface area (Å²) < 4.78 is 5.45. The second kappa shape index (κ2) is 7.13. The van der Waals surface area contributed by atoms with Gasteiger partial charge in [0.1, 0.15) is 5.75 Å². The van der Waals surface area contributed by atoms with Crippen molar-refractivity contribution in [1.29, 1.82) is 0 Å². The van der Waals surface area contributed by atoms with Crippen LogP contribution in [0.3, 0.4) is 0 Å². The molecule has 0 saturated heterocycles. The second-order valence-corrected chi connectivity index (χ2v) is 5.72. The number of hydrogen-bond donors (Lipinski definition) is 2. The quantitative estimate of drug-likeness (QED) is 0.501. The van der Waals surface area contributed by atoms with Crippen molar-refractivity contribution in [2.45, 2.75) is 44.6 Å². The van der Waals surface area contributed by atoms with Gasteiger partial charge in [0.15, 0.2) is 0 Å². The number of rotatable bonds is 4. The third kappa shape index (κ3) is 3.62. The van der Waals surface area contributed by atoms with Gasteiger partial charge < -0.3 is 4.74 Å². The first-order valence-corrected chi connectivity index (χ1v) is 7.43. The molecule has 2 rings (SSSR count). The molecule has 0 aliphatic heterocycles. The predicted octanol–water partition coefficient (Wildman–Crippen LogP) is 3.82. The summed E-state index contributed by atoms with van der Waals surface area (Å²) in [5.41, 5.74) is 4.10. The zero-order valence-electron chi connectivity index (χ0n) is 11.5. The highest BCUT2D eigenvalue weighted by Crippen LogP contribution is 2.37. The first-order valence-electron chi connectivity index (χ1n) is 7.06. The van der Waals surface area contributed by atoms with Crippen LogP contribution in [-0.4, -0.2) is 7.11 Å². The van der Waals surface area contributed by atoms with E-state index >= 15 is 0 Å². The molecule has 1 aliphatic rings. The number of benzene rings is 1. The number of hydrazine groups is 1. The third-order valence-corrected chi connectivity index (χ3v) is 4.32. The molecule has 0 bridgehead atoms. The molecular formula is C15H23ClN2O. The van der Waals surface area contributed by atoms with E-state index in [2.05, 4.69) is 5.43 Å². The first-order chi connectivity index (χ1) is 9.26. The minimum Gasteiger partial charge on any atom is -0.496 e. The van der Waals surface area contributed by atoms with Crippen molar-refractivity contribution in [3.63, 3.8) is 0 Å². The maximum absolute atomic E-state index is 6.02. The number of hydrogen-bond acceptors (Lipinski definition) is 3. The van der Waals surface area contributed by atoms with Gasteiger partial charge in [-0.2, -0.15) is 0 Å². The summed E-state index contributed by atoms with van der Waals surface area (Å²) in [5.74, 6) is 7.20. The van der Waals surface area contributed by atoms with E-state index in [1.807, 2.05) is 18.2 Å². The van der Waals surface area contributed by atoms with Crippen LogP contribution >= 0.6 is 11.6 Å². The van der Waals surface area contributed by atoms with Crippen LogP contribution in [0.25, 0.3) is 0 Å². The molecule has 0 aromatic heterocycles. The van der Waals surface area contributed by atoms with Crippen LogP contribution in [0.2, 0.25) is 5.02 Å². The summed E-state index contributed by atoms with van der Waals surface area (Å²) in [6.45, 7) is 0. The van der Waals surface area contributed by atoms with Gasteiger partial charge >= 0.3 is 0 Å². The van der Waals surface area contributed by atoms with Gasteiger partial charge in [-0.25, -0.2) is 0 Å². The molecule has 1 fully saturated rings. The summed E-state index contributed by atoms with van der Waals surface area (Å²) in [7, 11) is 1.68. The number of nitrogens with two attached hydrogens (primary N) is 1. The first kappa shape index (κ1) is 14.6. The minimum atomic E-state index is 0.144. The molecule has 1 unspecified atom stereocenters.